The van der Waals surface area contributed by atoms with Gasteiger partial charge < -0.3 is 4.43 Å². The maximum absolute atomic E-state index is 5.48. The van der Waals surface area contributed by atoms with Gasteiger partial charge in [0.15, 0.2) is 8.32 Å². The van der Waals surface area contributed by atoms with Crippen LogP contribution in [0.4, 0.5) is 0 Å². The van der Waals surface area contributed by atoms with E-state index in [-0.39, 0.29) is 0 Å². The van der Waals surface area contributed by atoms with Gasteiger partial charge in [-0.1, -0.05) is 31.4 Å². The molecular formula is C7H17ClOSi. The lowest BCUT2D eigenvalue weighted by molar-refractivity contribution is 0.375. The van der Waals surface area contributed by atoms with Crippen LogP contribution in [0.1, 0.15) is 19.8 Å². The molecule has 1 nitrogen and oxygen atoms in total. The molecule has 0 heterocycles. The molecule has 3 heteroatoms. The maximum atomic E-state index is 5.48. The number of rotatable bonds is 5. The summed E-state index contributed by atoms with van der Waals surface area (Å²) in [5.74, 6) is 0. The van der Waals surface area contributed by atoms with Gasteiger partial charge in [0, 0.05) is 0 Å². The van der Waals surface area contributed by atoms with Crippen LogP contribution in [0.3, 0.4) is 0 Å². The van der Waals surface area contributed by atoms with Crippen molar-refractivity contribution in [2.75, 3.05) is 6.07 Å². The van der Waals surface area contributed by atoms with E-state index in [4.69, 9.17) is 16.0 Å². The molecule has 0 aromatic carbocycles. The molecule has 0 spiro atoms. The molecular weight excluding hydrogens is 164 g/mol. The Bertz CT molecular complexity index is 85.7. The van der Waals surface area contributed by atoms with E-state index in [2.05, 4.69) is 20.0 Å². The predicted octanol–water partition coefficient (Wildman–Crippen LogP) is 3.20. The fraction of sp³-hybridized carbons (Fsp3) is 1.00. The average molecular weight is 181 g/mol. The molecule has 0 rings (SSSR count). The van der Waals surface area contributed by atoms with Gasteiger partial charge in [-0.15, -0.1) is 0 Å². The smallest absolute Gasteiger partial charge is 0.188 e. The molecule has 0 aliphatic carbocycles. The summed E-state index contributed by atoms with van der Waals surface area (Å²) in [5.41, 5.74) is 0. The topological polar surface area (TPSA) is 9.23 Å². The Morgan fingerprint density at radius 3 is 2.40 bits per heavy atom. The van der Waals surface area contributed by atoms with Gasteiger partial charge in [0.2, 0.25) is 0 Å². The van der Waals surface area contributed by atoms with Crippen molar-refractivity contribution in [2.24, 2.45) is 0 Å². The molecule has 0 aliphatic heterocycles. The summed E-state index contributed by atoms with van der Waals surface area (Å²) >= 11 is 5.48. The number of unbranched alkanes of at least 4 members (excludes halogenated alkanes) is 1. The predicted molar refractivity (Wildman–Crippen MR) is 49.0 cm³/mol. The number of hydrogen-bond acceptors (Lipinski definition) is 1. The van der Waals surface area contributed by atoms with Crippen molar-refractivity contribution >= 4 is 19.9 Å². The van der Waals surface area contributed by atoms with Crippen molar-refractivity contribution in [3.8, 4) is 0 Å². The number of alkyl halides is 1. The van der Waals surface area contributed by atoms with E-state index in [0.29, 0.717) is 6.07 Å². The van der Waals surface area contributed by atoms with E-state index in [1.54, 1.807) is 0 Å². The Morgan fingerprint density at radius 2 is 2.00 bits per heavy atom. The summed E-state index contributed by atoms with van der Waals surface area (Å²) in [4.78, 5) is 0. The zero-order chi connectivity index (χ0) is 8.04. The van der Waals surface area contributed by atoms with Gasteiger partial charge >= 0.3 is 0 Å². The summed E-state index contributed by atoms with van der Waals surface area (Å²) in [6.07, 6.45) is 2.53. The molecule has 0 aromatic rings. The lowest BCUT2D eigenvalue weighted by Gasteiger charge is -2.20. The van der Waals surface area contributed by atoms with Crippen molar-refractivity contribution in [2.45, 2.75) is 38.9 Å². The van der Waals surface area contributed by atoms with Crippen LogP contribution < -0.4 is 0 Å². The molecule has 10 heavy (non-hydrogen) atoms. The van der Waals surface area contributed by atoms with Crippen molar-refractivity contribution in [1.29, 1.82) is 0 Å². The van der Waals surface area contributed by atoms with Crippen molar-refractivity contribution in [1.82, 2.24) is 0 Å². The molecule has 0 unspecified atom stereocenters. The minimum absolute atomic E-state index is 0.364. The quantitative estimate of drug-likeness (QED) is 0.467. The fourth-order valence-electron chi connectivity index (χ4n) is 0.822. The van der Waals surface area contributed by atoms with Gasteiger partial charge in [0.05, 0.1) is 0 Å². The Morgan fingerprint density at radius 1 is 1.40 bits per heavy atom. The van der Waals surface area contributed by atoms with Crippen LogP contribution in [-0.4, -0.2) is 14.4 Å². The van der Waals surface area contributed by atoms with E-state index >= 15 is 0 Å². The van der Waals surface area contributed by atoms with Crippen LogP contribution in [0, 0.1) is 0 Å². The van der Waals surface area contributed by atoms with Gasteiger partial charge in [0.25, 0.3) is 0 Å². The first-order valence-corrected chi connectivity index (χ1v) is 7.47. The highest BCUT2D eigenvalue weighted by atomic mass is 35.5. The van der Waals surface area contributed by atoms with Crippen LogP contribution in [0.2, 0.25) is 19.1 Å². The minimum atomic E-state index is -1.36. The second-order valence-electron chi connectivity index (χ2n) is 3.12. The Balaban J connectivity index is 3.42. The molecule has 0 fully saturated rings. The van der Waals surface area contributed by atoms with Gasteiger partial charge in [-0.25, -0.2) is 0 Å². The second-order valence-corrected chi connectivity index (χ2v) is 7.64. The molecule has 0 aliphatic rings. The van der Waals surface area contributed by atoms with Crippen LogP contribution in [0.5, 0.6) is 0 Å². The van der Waals surface area contributed by atoms with Gasteiger partial charge in [-0.2, -0.15) is 0 Å². The highest BCUT2D eigenvalue weighted by Crippen LogP contribution is 2.14. The lowest BCUT2D eigenvalue weighted by Crippen LogP contribution is -2.29. The van der Waals surface area contributed by atoms with E-state index < -0.39 is 8.32 Å². The highest BCUT2D eigenvalue weighted by molar-refractivity contribution is 6.71. The van der Waals surface area contributed by atoms with Crippen LogP contribution in [0.15, 0.2) is 0 Å². The Kier molecular flexibility index (Phi) is 5.40. The van der Waals surface area contributed by atoms with Gasteiger partial charge in [-0.05, 0) is 19.1 Å². The fourth-order valence-corrected chi connectivity index (χ4v) is 3.35. The average Bonchev–Trinajstić information content (AvgIpc) is 1.84. The minimum Gasteiger partial charge on any atom is -0.404 e. The van der Waals surface area contributed by atoms with Crippen molar-refractivity contribution in [3.05, 3.63) is 0 Å². The van der Waals surface area contributed by atoms with E-state index in [1.165, 1.54) is 18.9 Å². The normalized spacial score (nSPS) is 12.0. The molecule has 0 atom stereocenters. The Labute approximate surface area is 69.9 Å². The molecule has 0 radical (unpaired) electrons. The third-order valence-corrected chi connectivity index (χ3v) is 4.35. The zero-order valence-corrected chi connectivity index (χ0v) is 8.87. The lowest BCUT2D eigenvalue weighted by atomic mass is 10.4. The molecule has 0 saturated heterocycles. The maximum Gasteiger partial charge on any atom is 0.188 e. The largest absolute Gasteiger partial charge is 0.404 e. The third-order valence-electron chi connectivity index (χ3n) is 1.58. The number of hydrogen-bond donors (Lipinski definition) is 0. The summed E-state index contributed by atoms with van der Waals surface area (Å²) in [5, 5.41) is 0. The standard InChI is InChI=1S/C7H17ClOSi/c1-4-5-6-10(2,3)9-7-8/h4-7H2,1-3H3. The van der Waals surface area contributed by atoms with Crippen molar-refractivity contribution in [3.63, 3.8) is 0 Å². The zero-order valence-electron chi connectivity index (χ0n) is 7.11. The van der Waals surface area contributed by atoms with Gasteiger partial charge in [0.1, 0.15) is 6.07 Å². The van der Waals surface area contributed by atoms with Crippen molar-refractivity contribution < 1.29 is 4.43 Å². The monoisotopic (exact) mass is 180 g/mol. The molecule has 0 amide bonds. The van der Waals surface area contributed by atoms with E-state index in [1.807, 2.05) is 0 Å². The first-order chi connectivity index (χ1) is 4.62. The SMILES string of the molecule is CCCC[Si](C)(C)OCCl. The first kappa shape index (κ1) is 10.5. The van der Waals surface area contributed by atoms with E-state index in [0.717, 1.165) is 0 Å². The van der Waals surface area contributed by atoms with E-state index in [9.17, 15) is 0 Å². The molecule has 0 saturated carbocycles. The van der Waals surface area contributed by atoms with Crippen LogP contribution in [0.25, 0.3) is 0 Å². The number of halogens is 1. The second kappa shape index (κ2) is 5.16. The molecule has 0 aromatic heterocycles. The first-order valence-electron chi connectivity index (χ1n) is 3.82. The molecule has 62 valence electrons. The molecule has 0 bridgehead atoms. The summed E-state index contributed by atoms with van der Waals surface area (Å²) in [6, 6.07) is 1.60. The summed E-state index contributed by atoms with van der Waals surface area (Å²) in [7, 11) is -1.36. The van der Waals surface area contributed by atoms with Gasteiger partial charge in [-0.3, -0.25) is 0 Å². The van der Waals surface area contributed by atoms with Crippen LogP contribution in [-0.2, 0) is 4.43 Å². The highest BCUT2D eigenvalue weighted by Gasteiger charge is 2.20. The summed E-state index contributed by atoms with van der Waals surface area (Å²) in [6.45, 7) is 6.63. The third kappa shape index (κ3) is 5.27. The Hall–Kier alpha value is 0.467. The summed E-state index contributed by atoms with van der Waals surface area (Å²) < 4.78 is 5.44. The van der Waals surface area contributed by atoms with Crippen LogP contribution >= 0.6 is 11.6 Å². The molecule has 0 N–H and O–H groups in total.